The second-order valence-corrected chi connectivity index (χ2v) is 6.15. The number of benzene rings is 1. The van der Waals surface area contributed by atoms with Crippen molar-refractivity contribution in [3.63, 3.8) is 0 Å². The average Bonchev–Trinajstić information content (AvgIpc) is 3.18. The molecule has 0 aromatic heterocycles. The van der Waals surface area contributed by atoms with Gasteiger partial charge in [-0.15, -0.1) is 0 Å². The van der Waals surface area contributed by atoms with Crippen molar-refractivity contribution in [2.45, 2.75) is 31.6 Å². The maximum absolute atomic E-state index is 14.0. The number of hydrogen-bond donors (Lipinski definition) is 0. The molecule has 2 aliphatic carbocycles. The lowest BCUT2D eigenvalue weighted by Crippen LogP contribution is -2.16. The molecule has 0 heterocycles. The maximum Gasteiger partial charge on any atom is 0.158 e. The molecule has 2 nitrogen and oxygen atoms in total. The van der Waals surface area contributed by atoms with Crippen LogP contribution in [0.2, 0.25) is 5.02 Å². The Hall–Kier alpha value is -1.40. The predicted molar refractivity (Wildman–Crippen MR) is 73.7 cm³/mol. The van der Waals surface area contributed by atoms with Crippen LogP contribution < -0.4 is 0 Å². The molecule has 1 aromatic carbocycles. The summed E-state index contributed by atoms with van der Waals surface area (Å²) in [5, 5.41) is 9.26. The molecule has 0 spiro atoms. The number of hydrogen-bond acceptors (Lipinski definition) is 2. The molecule has 2 fully saturated rings. The number of nitrogens with zero attached hydrogens (tertiary/aromatic N) is 1. The van der Waals surface area contributed by atoms with E-state index in [1.807, 2.05) is 6.07 Å². The number of rotatable bonds is 3. The first-order valence-electron chi connectivity index (χ1n) is 7.02. The van der Waals surface area contributed by atoms with Gasteiger partial charge in [0.15, 0.2) is 5.78 Å². The molecule has 3 rings (SSSR count). The second kappa shape index (κ2) is 5.18. The second-order valence-electron chi connectivity index (χ2n) is 5.75. The Bertz CT molecular complexity index is 583. The Morgan fingerprint density at radius 3 is 2.60 bits per heavy atom. The van der Waals surface area contributed by atoms with E-state index >= 15 is 0 Å². The minimum atomic E-state index is -1.02. The highest BCUT2D eigenvalue weighted by molar-refractivity contribution is 6.30. The van der Waals surface area contributed by atoms with Crippen molar-refractivity contribution in [1.29, 1.82) is 5.26 Å². The fourth-order valence-electron chi connectivity index (χ4n) is 3.64. The first kappa shape index (κ1) is 13.6. The van der Waals surface area contributed by atoms with Crippen molar-refractivity contribution in [2.24, 2.45) is 17.8 Å². The Balaban J connectivity index is 1.86. The summed E-state index contributed by atoms with van der Waals surface area (Å²) in [5.41, 5.74) is 0.119. The van der Waals surface area contributed by atoms with Crippen LogP contribution in [0.4, 0.5) is 4.39 Å². The van der Waals surface area contributed by atoms with Crippen LogP contribution >= 0.6 is 11.6 Å². The van der Waals surface area contributed by atoms with Gasteiger partial charge in [-0.2, -0.15) is 5.26 Å². The fraction of sp³-hybridized carbons (Fsp3) is 0.500. The van der Waals surface area contributed by atoms with Crippen LogP contribution in [-0.4, -0.2) is 5.78 Å². The smallest absolute Gasteiger partial charge is 0.158 e. The Morgan fingerprint density at radius 2 is 2.00 bits per heavy atom. The van der Waals surface area contributed by atoms with Gasteiger partial charge in [0.1, 0.15) is 11.7 Å². The van der Waals surface area contributed by atoms with Gasteiger partial charge in [-0.3, -0.25) is 4.79 Å². The van der Waals surface area contributed by atoms with Gasteiger partial charge in [0.2, 0.25) is 0 Å². The molecule has 0 radical (unpaired) electrons. The summed E-state index contributed by atoms with van der Waals surface area (Å²) < 4.78 is 14.0. The van der Waals surface area contributed by atoms with Crippen LogP contribution in [0.15, 0.2) is 18.2 Å². The minimum Gasteiger partial charge on any atom is -0.298 e. The van der Waals surface area contributed by atoms with E-state index in [4.69, 9.17) is 11.6 Å². The molecule has 3 atom stereocenters. The standard InChI is InChI=1S/C16H15ClFNO/c17-13-7-3-6-11(15(13)18)12(8-19)16(20)14-9-4-1-2-5-10(9)14/h3,6-7,9-10,12,14H,1-2,4-5H2. The van der Waals surface area contributed by atoms with Gasteiger partial charge in [0, 0.05) is 11.5 Å². The normalized spacial score (nSPS) is 29.1. The molecule has 0 bridgehead atoms. The van der Waals surface area contributed by atoms with Crippen molar-refractivity contribution in [3.05, 3.63) is 34.6 Å². The molecular weight excluding hydrogens is 277 g/mol. The first-order valence-corrected chi connectivity index (χ1v) is 7.40. The van der Waals surface area contributed by atoms with Gasteiger partial charge in [0.25, 0.3) is 0 Å². The van der Waals surface area contributed by atoms with E-state index in [-0.39, 0.29) is 22.3 Å². The maximum atomic E-state index is 14.0. The van der Waals surface area contributed by atoms with E-state index in [2.05, 4.69) is 0 Å². The van der Waals surface area contributed by atoms with Crippen molar-refractivity contribution in [1.82, 2.24) is 0 Å². The SMILES string of the molecule is N#CC(C(=O)C1C2CCCCC21)c1cccc(Cl)c1F. The van der Waals surface area contributed by atoms with Crippen LogP contribution in [0.3, 0.4) is 0 Å². The van der Waals surface area contributed by atoms with Crippen LogP contribution in [0.5, 0.6) is 0 Å². The highest BCUT2D eigenvalue weighted by Crippen LogP contribution is 2.57. The third kappa shape index (κ3) is 2.13. The van der Waals surface area contributed by atoms with Gasteiger partial charge in [-0.25, -0.2) is 4.39 Å². The fourth-order valence-corrected chi connectivity index (χ4v) is 3.82. The molecule has 0 aliphatic heterocycles. The topological polar surface area (TPSA) is 40.9 Å². The van der Waals surface area contributed by atoms with E-state index in [1.54, 1.807) is 6.07 Å². The Kier molecular flexibility index (Phi) is 3.52. The van der Waals surface area contributed by atoms with E-state index in [1.165, 1.54) is 12.1 Å². The molecule has 20 heavy (non-hydrogen) atoms. The monoisotopic (exact) mass is 291 g/mol. The number of ketones is 1. The molecule has 0 amide bonds. The summed E-state index contributed by atoms with van der Waals surface area (Å²) in [4.78, 5) is 12.5. The predicted octanol–water partition coefficient (Wildman–Crippen LogP) is 4.09. The summed E-state index contributed by atoms with van der Waals surface area (Å²) in [6, 6.07) is 6.46. The van der Waals surface area contributed by atoms with E-state index in [9.17, 15) is 14.4 Å². The number of fused-ring (bicyclic) bond motifs is 1. The molecule has 2 aliphatic rings. The summed E-state index contributed by atoms with van der Waals surface area (Å²) >= 11 is 5.74. The van der Waals surface area contributed by atoms with Gasteiger partial charge in [-0.1, -0.05) is 36.6 Å². The van der Waals surface area contributed by atoms with Crippen molar-refractivity contribution in [2.75, 3.05) is 0 Å². The van der Waals surface area contributed by atoms with Crippen LogP contribution in [-0.2, 0) is 4.79 Å². The Morgan fingerprint density at radius 1 is 1.35 bits per heavy atom. The lowest BCUT2D eigenvalue weighted by atomic mass is 9.92. The molecule has 0 N–H and O–H groups in total. The number of Topliss-reactive ketones (excluding diaryl/α,β-unsaturated/α-hetero) is 1. The number of carbonyl (C=O) groups is 1. The van der Waals surface area contributed by atoms with Crippen LogP contribution in [0.1, 0.15) is 37.2 Å². The lowest BCUT2D eigenvalue weighted by molar-refractivity contribution is -0.121. The summed E-state index contributed by atoms with van der Waals surface area (Å²) in [5.74, 6) is -0.975. The van der Waals surface area contributed by atoms with Gasteiger partial charge >= 0.3 is 0 Å². The number of carbonyl (C=O) groups excluding carboxylic acids is 1. The zero-order valence-corrected chi connectivity index (χ0v) is 11.7. The van der Waals surface area contributed by atoms with Gasteiger partial charge < -0.3 is 0 Å². The molecule has 104 valence electrons. The minimum absolute atomic E-state index is 0.0382. The van der Waals surface area contributed by atoms with Gasteiger partial charge in [-0.05, 0) is 30.7 Å². The molecule has 0 saturated heterocycles. The van der Waals surface area contributed by atoms with E-state index in [0.717, 1.165) is 25.7 Å². The van der Waals surface area contributed by atoms with Gasteiger partial charge in [0.05, 0.1) is 11.1 Å². The summed E-state index contributed by atoms with van der Waals surface area (Å²) in [6.07, 6.45) is 4.45. The highest BCUT2D eigenvalue weighted by Gasteiger charge is 2.56. The number of nitriles is 1. The average molecular weight is 292 g/mol. The third-order valence-electron chi connectivity index (χ3n) is 4.69. The van der Waals surface area contributed by atoms with E-state index < -0.39 is 11.7 Å². The molecule has 3 unspecified atom stereocenters. The van der Waals surface area contributed by atoms with Crippen LogP contribution in [0, 0.1) is 34.9 Å². The third-order valence-corrected chi connectivity index (χ3v) is 4.98. The molecule has 1 aromatic rings. The van der Waals surface area contributed by atoms with Crippen molar-refractivity contribution >= 4 is 17.4 Å². The van der Waals surface area contributed by atoms with Crippen molar-refractivity contribution < 1.29 is 9.18 Å². The molecular formula is C16H15ClFNO. The first-order chi connectivity index (χ1) is 9.65. The zero-order valence-electron chi connectivity index (χ0n) is 11.0. The van der Waals surface area contributed by atoms with Crippen LogP contribution in [0.25, 0.3) is 0 Å². The lowest BCUT2D eigenvalue weighted by Gasteiger charge is -2.10. The summed E-state index contributed by atoms with van der Waals surface area (Å²) in [6.45, 7) is 0. The molecule has 2 saturated carbocycles. The zero-order chi connectivity index (χ0) is 14.3. The highest BCUT2D eigenvalue weighted by atomic mass is 35.5. The largest absolute Gasteiger partial charge is 0.298 e. The quantitative estimate of drug-likeness (QED) is 0.841. The van der Waals surface area contributed by atoms with E-state index in [0.29, 0.717) is 11.8 Å². The van der Waals surface area contributed by atoms with Crippen molar-refractivity contribution in [3.8, 4) is 6.07 Å². The summed E-state index contributed by atoms with van der Waals surface area (Å²) in [7, 11) is 0. The number of halogens is 2. The molecule has 4 heteroatoms. The Labute approximate surface area is 122 Å².